The number of nitrogens with zero attached hydrogens (tertiary/aromatic N) is 2. The predicted molar refractivity (Wildman–Crippen MR) is 59.6 cm³/mol. The highest BCUT2D eigenvalue weighted by molar-refractivity contribution is 5.97. The lowest BCUT2D eigenvalue weighted by atomic mass is 10.1. The average Bonchev–Trinajstić information content (AvgIpc) is 2.39. The minimum Gasteiger partial charge on any atom is -0.437 e. The first-order valence-electron chi connectivity index (χ1n) is 4.84. The van der Waals surface area contributed by atoms with Crippen LogP contribution in [0, 0.1) is 13.8 Å². The van der Waals surface area contributed by atoms with Crippen molar-refractivity contribution in [1.82, 2.24) is 10.4 Å². The van der Waals surface area contributed by atoms with Gasteiger partial charge in [0.1, 0.15) is 0 Å². The zero-order valence-electron chi connectivity index (χ0n) is 9.88. The van der Waals surface area contributed by atoms with E-state index >= 15 is 0 Å². The van der Waals surface area contributed by atoms with Gasteiger partial charge in [-0.25, -0.2) is 10.8 Å². The smallest absolute Gasteiger partial charge is 0.193 e. The maximum atomic E-state index is 5.43. The molecule has 1 aromatic heterocycles. The molecule has 1 heterocycles. The van der Waals surface area contributed by atoms with Gasteiger partial charge in [0.05, 0.1) is 11.2 Å². The summed E-state index contributed by atoms with van der Waals surface area (Å²) in [7, 11) is 0. The van der Waals surface area contributed by atoms with Gasteiger partial charge in [0.25, 0.3) is 0 Å². The molecule has 1 rings (SSSR count). The number of hydrazine groups is 1. The molecular formula is C10H18N4O. The molecule has 0 aliphatic rings. The molecule has 5 nitrogen and oxygen atoms in total. The molecule has 0 amide bonds. The molecule has 0 aliphatic heterocycles. The average molecular weight is 210 g/mol. The molecule has 0 aromatic carbocycles. The van der Waals surface area contributed by atoms with Crippen molar-refractivity contribution in [2.24, 2.45) is 10.8 Å². The summed E-state index contributed by atoms with van der Waals surface area (Å²) in [6, 6.07) is 0. The van der Waals surface area contributed by atoms with E-state index in [0.29, 0.717) is 17.5 Å². The number of hydrogen-bond acceptors (Lipinski definition) is 4. The summed E-state index contributed by atoms with van der Waals surface area (Å²) >= 11 is 0. The molecule has 1 aromatic rings. The molecule has 0 saturated heterocycles. The van der Waals surface area contributed by atoms with Gasteiger partial charge in [0, 0.05) is 6.92 Å². The van der Waals surface area contributed by atoms with Crippen LogP contribution in [-0.4, -0.2) is 16.4 Å². The Kier molecular flexibility index (Phi) is 3.14. The minimum atomic E-state index is -0.213. The predicted octanol–water partition coefficient (Wildman–Crippen LogP) is 1.30. The molecule has 0 saturated carbocycles. The summed E-state index contributed by atoms with van der Waals surface area (Å²) in [4.78, 5) is 8.59. The lowest BCUT2D eigenvalue weighted by Crippen LogP contribution is -2.33. The van der Waals surface area contributed by atoms with Crippen LogP contribution in [0.1, 0.15) is 38.1 Å². The molecule has 5 heteroatoms. The van der Waals surface area contributed by atoms with Crippen molar-refractivity contribution < 1.29 is 4.42 Å². The fourth-order valence-corrected chi connectivity index (χ4v) is 1.24. The largest absolute Gasteiger partial charge is 0.437 e. The molecule has 0 unspecified atom stereocenters. The first-order valence-corrected chi connectivity index (χ1v) is 4.84. The van der Waals surface area contributed by atoms with Gasteiger partial charge < -0.3 is 9.84 Å². The lowest BCUT2D eigenvalue weighted by molar-refractivity contribution is 0.504. The Labute approximate surface area is 89.8 Å². The van der Waals surface area contributed by atoms with Gasteiger partial charge in [-0.15, -0.1) is 0 Å². The van der Waals surface area contributed by atoms with Crippen LogP contribution in [-0.2, 0) is 0 Å². The Morgan fingerprint density at radius 2 is 2.00 bits per heavy atom. The number of hydrogen-bond donors (Lipinski definition) is 2. The van der Waals surface area contributed by atoms with Crippen LogP contribution in [0.2, 0.25) is 0 Å². The van der Waals surface area contributed by atoms with Gasteiger partial charge in [-0.05, 0) is 27.7 Å². The van der Waals surface area contributed by atoms with Gasteiger partial charge in [0.2, 0.25) is 0 Å². The topological polar surface area (TPSA) is 76.4 Å². The van der Waals surface area contributed by atoms with Crippen LogP contribution in [0.25, 0.3) is 0 Å². The third kappa shape index (κ3) is 3.06. The summed E-state index contributed by atoms with van der Waals surface area (Å²) in [5.74, 6) is 7.16. The Morgan fingerprint density at radius 1 is 1.40 bits per heavy atom. The Bertz CT molecular complexity index is 373. The van der Waals surface area contributed by atoms with Crippen molar-refractivity contribution in [2.75, 3.05) is 0 Å². The summed E-state index contributed by atoms with van der Waals surface area (Å²) < 4.78 is 5.43. The molecular weight excluding hydrogens is 192 g/mol. The maximum absolute atomic E-state index is 5.43. The second-order valence-electron chi connectivity index (χ2n) is 4.42. The molecule has 3 N–H and O–H groups in total. The monoisotopic (exact) mass is 210 g/mol. The van der Waals surface area contributed by atoms with Gasteiger partial charge in [-0.3, -0.25) is 4.99 Å². The van der Waals surface area contributed by atoms with E-state index in [1.54, 1.807) is 6.92 Å². The first kappa shape index (κ1) is 11.7. The van der Waals surface area contributed by atoms with E-state index in [0.717, 1.165) is 5.69 Å². The van der Waals surface area contributed by atoms with E-state index in [4.69, 9.17) is 10.3 Å². The second-order valence-corrected chi connectivity index (χ2v) is 4.42. The molecule has 0 fully saturated rings. The zero-order chi connectivity index (χ0) is 11.6. The van der Waals surface area contributed by atoms with Crippen LogP contribution < -0.4 is 11.3 Å². The first-order chi connectivity index (χ1) is 6.83. The number of oxazole rings is 1. The molecule has 0 aliphatic carbocycles. The lowest BCUT2D eigenvalue weighted by Gasteiger charge is -2.14. The fourth-order valence-electron chi connectivity index (χ4n) is 1.24. The molecule has 0 bridgehead atoms. The summed E-state index contributed by atoms with van der Waals surface area (Å²) in [6.07, 6.45) is 0. The van der Waals surface area contributed by atoms with E-state index in [1.807, 2.05) is 27.7 Å². The SMILES string of the molecule is Cc1nc(C)c(C(=NC(C)(C)C)NN)o1. The third-order valence-corrected chi connectivity index (χ3v) is 1.70. The van der Waals surface area contributed by atoms with Crippen molar-refractivity contribution >= 4 is 5.84 Å². The van der Waals surface area contributed by atoms with Crippen LogP contribution in [0.3, 0.4) is 0 Å². The van der Waals surface area contributed by atoms with Crippen molar-refractivity contribution in [2.45, 2.75) is 40.2 Å². The fraction of sp³-hybridized carbons (Fsp3) is 0.600. The minimum absolute atomic E-state index is 0.213. The third-order valence-electron chi connectivity index (χ3n) is 1.70. The Morgan fingerprint density at radius 3 is 2.33 bits per heavy atom. The van der Waals surface area contributed by atoms with Gasteiger partial charge in [0.15, 0.2) is 17.5 Å². The van der Waals surface area contributed by atoms with Gasteiger partial charge in [-0.2, -0.15) is 0 Å². The highest BCUT2D eigenvalue weighted by atomic mass is 16.4. The van der Waals surface area contributed by atoms with E-state index in [1.165, 1.54) is 0 Å². The number of aliphatic imine (C=N–C) groups is 1. The van der Waals surface area contributed by atoms with E-state index in [2.05, 4.69) is 15.4 Å². The number of aromatic nitrogens is 1. The normalized spacial score (nSPS) is 13.1. The van der Waals surface area contributed by atoms with Crippen molar-refractivity contribution in [3.8, 4) is 0 Å². The summed E-state index contributed by atoms with van der Waals surface area (Å²) in [5, 5.41) is 0. The van der Waals surface area contributed by atoms with E-state index < -0.39 is 0 Å². The number of rotatable bonds is 1. The zero-order valence-corrected chi connectivity index (χ0v) is 9.88. The van der Waals surface area contributed by atoms with E-state index in [9.17, 15) is 0 Å². The van der Waals surface area contributed by atoms with Gasteiger partial charge >= 0.3 is 0 Å². The standard InChI is InChI=1S/C10H18N4O/c1-6-8(15-7(2)12-6)9(14-11)13-10(3,4)5/h11H2,1-5H3,(H,13,14). The van der Waals surface area contributed by atoms with Crippen molar-refractivity contribution in [1.29, 1.82) is 0 Å². The maximum Gasteiger partial charge on any atom is 0.193 e. The van der Waals surface area contributed by atoms with Crippen LogP contribution in [0.15, 0.2) is 9.41 Å². The highest BCUT2D eigenvalue weighted by Gasteiger charge is 2.16. The summed E-state index contributed by atoms with van der Waals surface area (Å²) in [5.41, 5.74) is 3.12. The van der Waals surface area contributed by atoms with Crippen LogP contribution in [0.4, 0.5) is 0 Å². The molecule has 0 radical (unpaired) electrons. The van der Waals surface area contributed by atoms with Crippen molar-refractivity contribution in [3.05, 3.63) is 17.3 Å². The number of nitrogens with two attached hydrogens (primary N) is 1. The van der Waals surface area contributed by atoms with Crippen molar-refractivity contribution in [3.63, 3.8) is 0 Å². The Hall–Kier alpha value is -1.36. The molecule has 0 atom stereocenters. The summed E-state index contributed by atoms with van der Waals surface area (Å²) in [6.45, 7) is 9.62. The Balaban J connectivity index is 3.13. The molecule has 15 heavy (non-hydrogen) atoms. The van der Waals surface area contributed by atoms with Crippen LogP contribution >= 0.6 is 0 Å². The molecule has 84 valence electrons. The quantitative estimate of drug-likeness (QED) is 0.317. The highest BCUT2D eigenvalue weighted by Crippen LogP contribution is 2.13. The molecule has 0 spiro atoms. The number of amidine groups is 1. The second kappa shape index (κ2) is 4.02. The van der Waals surface area contributed by atoms with Gasteiger partial charge in [-0.1, -0.05) is 0 Å². The van der Waals surface area contributed by atoms with Crippen LogP contribution in [0.5, 0.6) is 0 Å². The number of aryl methyl sites for hydroxylation is 2. The van der Waals surface area contributed by atoms with E-state index in [-0.39, 0.29) is 5.54 Å². The number of nitrogens with one attached hydrogen (secondary N) is 1.